The van der Waals surface area contributed by atoms with Crippen molar-refractivity contribution in [1.82, 2.24) is 14.8 Å². The van der Waals surface area contributed by atoms with Gasteiger partial charge in [-0.1, -0.05) is 19.6 Å². The molecule has 1 aromatic rings. The minimum atomic E-state index is -1.29. The van der Waals surface area contributed by atoms with E-state index in [1.165, 1.54) is 12.3 Å². The van der Waals surface area contributed by atoms with Gasteiger partial charge in [-0.25, -0.2) is 0 Å². The van der Waals surface area contributed by atoms with Crippen molar-refractivity contribution in [3.05, 3.63) is 29.6 Å². The van der Waals surface area contributed by atoms with Crippen LogP contribution < -0.4 is 0 Å². The normalized spacial score (nSPS) is 20.5. The molecule has 2 aliphatic heterocycles. The summed E-state index contributed by atoms with van der Waals surface area (Å²) in [6.07, 6.45) is 1.63. The Labute approximate surface area is 158 Å². The Kier molecular flexibility index (Phi) is 5.25. The van der Waals surface area contributed by atoms with Crippen LogP contribution in [0.2, 0.25) is 25.7 Å². The minimum Gasteiger partial charge on any atom is -0.361 e. The van der Waals surface area contributed by atoms with Crippen LogP contribution in [0.5, 0.6) is 0 Å². The number of imide groups is 2. The molecule has 0 radical (unpaired) electrons. The third-order valence-corrected chi connectivity index (χ3v) is 6.39. The first-order valence-electron chi connectivity index (χ1n) is 8.95. The second-order valence-electron chi connectivity index (χ2n) is 7.94. The lowest BCUT2D eigenvalue weighted by molar-refractivity contribution is -0.157. The van der Waals surface area contributed by atoms with Crippen LogP contribution in [0.25, 0.3) is 0 Å². The van der Waals surface area contributed by atoms with Gasteiger partial charge in [0, 0.05) is 27.3 Å². The van der Waals surface area contributed by atoms with E-state index in [2.05, 4.69) is 24.6 Å². The molecule has 3 heterocycles. The number of ether oxygens (including phenoxy) is 1. The number of piperidine rings is 1. The van der Waals surface area contributed by atoms with E-state index in [1.807, 2.05) is 0 Å². The number of fused-ring (bicyclic) bond motifs is 1. The number of amides is 4. The van der Waals surface area contributed by atoms with Gasteiger partial charge < -0.3 is 4.74 Å². The molecule has 0 saturated carbocycles. The van der Waals surface area contributed by atoms with Crippen molar-refractivity contribution in [2.24, 2.45) is 0 Å². The fourth-order valence-electron chi connectivity index (χ4n) is 3.10. The van der Waals surface area contributed by atoms with E-state index >= 15 is 0 Å². The van der Waals surface area contributed by atoms with Crippen LogP contribution in [0.4, 0.5) is 0 Å². The minimum absolute atomic E-state index is 0.0464. The standard InChI is InChI=1S/C18H23N3O5Si/c1-27(2,3)10-9-26-11-20-14(22)7-6-13(17(20)24)21-16(23)12-5-4-8-19-15(12)18(21)25/h4-5,8,13H,6-7,9-11H2,1-3H3. The summed E-state index contributed by atoms with van der Waals surface area (Å²) in [7, 11) is -1.29. The maximum absolute atomic E-state index is 12.8. The third kappa shape index (κ3) is 3.84. The molecule has 144 valence electrons. The van der Waals surface area contributed by atoms with Crippen molar-refractivity contribution in [2.45, 2.75) is 44.6 Å². The summed E-state index contributed by atoms with van der Waals surface area (Å²) in [5.74, 6) is -2.06. The summed E-state index contributed by atoms with van der Waals surface area (Å²) in [6, 6.07) is 2.99. The monoisotopic (exact) mass is 389 g/mol. The molecule has 2 aliphatic rings. The Balaban J connectivity index is 1.71. The number of aromatic nitrogens is 1. The number of carbonyl (C=O) groups excluding carboxylic acids is 4. The highest BCUT2D eigenvalue weighted by molar-refractivity contribution is 6.76. The van der Waals surface area contributed by atoms with Crippen LogP contribution >= 0.6 is 0 Å². The zero-order valence-electron chi connectivity index (χ0n) is 15.7. The second-order valence-corrected chi connectivity index (χ2v) is 13.6. The highest BCUT2D eigenvalue weighted by Crippen LogP contribution is 2.27. The van der Waals surface area contributed by atoms with Gasteiger partial charge in [-0.3, -0.25) is 34.0 Å². The van der Waals surface area contributed by atoms with Crippen LogP contribution in [-0.2, 0) is 14.3 Å². The number of rotatable bonds is 6. The second kappa shape index (κ2) is 7.32. The van der Waals surface area contributed by atoms with Crippen LogP contribution in [0, 0.1) is 0 Å². The molecule has 1 unspecified atom stereocenters. The number of hydrogen-bond donors (Lipinski definition) is 0. The Morgan fingerprint density at radius 3 is 2.59 bits per heavy atom. The van der Waals surface area contributed by atoms with Crippen molar-refractivity contribution < 1.29 is 23.9 Å². The summed E-state index contributed by atoms with van der Waals surface area (Å²) in [5.41, 5.74) is 0.232. The highest BCUT2D eigenvalue weighted by atomic mass is 28.3. The van der Waals surface area contributed by atoms with Crippen LogP contribution in [-0.4, -0.2) is 65.9 Å². The number of hydrogen-bond acceptors (Lipinski definition) is 6. The lowest BCUT2D eigenvalue weighted by Gasteiger charge is -2.34. The Bertz CT molecular complexity index is 769. The summed E-state index contributed by atoms with van der Waals surface area (Å²) in [5, 5.41) is 0. The van der Waals surface area contributed by atoms with Crippen molar-refractivity contribution in [3.8, 4) is 0 Å². The first-order valence-corrected chi connectivity index (χ1v) is 12.7. The van der Waals surface area contributed by atoms with Crippen molar-refractivity contribution in [2.75, 3.05) is 13.3 Å². The van der Waals surface area contributed by atoms with Crippen LogP contribution in [0.15, 0.2) is 18.3 Å². The smallest absolute Gasteiger partial charge is 0.280 e. The quantitative estimate of drug-likeness (QED) is 0.416. The average molecular weight is 389 g/mol. The SMILES string of the molecule is C[Si](C)(C)CCOCN1C(=O)CCC(N2C(=O)c3cccnc3C2=O)C1=O. The molecule has 9 heteroatoms. The van der Waals surface area contributed by atoms with Gasteiger partial charge in [-0.05, 0) is 24.6 Å². The van der Waals surface area contributed by atoms with E-state index < -0.39 is 31.8 Å². The number of nitrogens with zero attached hydrogens (tertiary/aromatic N) is 3. The lowest BCUT2D eigenvalue weighted by atomic mass is 10.0. The average Bonchev–Trinajstić information content (AvgIpc) is 2.85. The fourth-order valence-corrected chi connectivity index (χ4v) is 3.85. The van der Waals surface area contributed by atoms with Crippen molar-refractivity contribution in [3.63, 3.8) is 0 Å². The Morgan fingerprint density at radius 1 is 1.19 bits per heavy atom. The van der Waals surface area contributed by atoms with Gasteiger partial charge in [0.1, 0.15) is 18.5 Å². The predicted octanol–water partition coefficient (Wildman–Crippen LogP) is 1.51. The number of carbonyl (C=O) groups is 4. The van der Waals surface area contributed by atoms with E-state index in [0.717, 1.165) is 15.8 Å². The van der Waals surface area contributed by atoms with Crippen molar-refractivity contribution >= 4 is 31.7 Å². The Morgan fingerprint density at radius 2 is 1.93 bits per heavy atom. The Hall–Kier alpha value is -2.39. The molecule has 1 fully saturated rings. The first kappa shape index (κ1) is 19.4. The third-order valence-electron chi connectivity index (χ3n) is 4.69. The molecule has 0 N–H and O–H groups in total. The molecule has 8 nitrogen and oxygen atoms in total. The van der Waals surface area contributed by atoms with Gasteiger partial charge in [0.2, 0.25) is 5.91 Å². The molecule has 27 heavy (non-hydrogen) atoms. The zero-order chi connectivity index (χ0) is 19.8. The molecule has 0 spiro atoms. The zero-order valence-corrected chi connectivity index (χ0v) is 16.7. The van der Waals surface area contributed by atoms with Gasteiger partial charge in [-0.15, -0.1) is 0 Å². The largest absolute Gasteiger partial charge is 0.361 e. The summed E-state index contributed by atoms with van der Waals surface area (Å²) < 4.78 is 5.53. The van der Waals surface area contributed by atoms with Gasteiger partial charge in [-0.2, -0.15) is 0 Å². The molecular formula is C18H23N3O5Si. The molecule has 4 amide bonds. The highest BCUT2D eigenvalue weighted by Gasteiger charge is 2.47. The van der Waals surface area contributed by atoms with Gasteiger partial charge >= 0.3 is 0 Å². The predicted molar refractivity (Wildman–Crippen MR) is 98.6 cm³/mol. The molecule has 3 rings (SSSR count). The summed E-state index contributed by atoms with van der Waals surface area (Å²) >= 11 is 0. The molecule has 0 bridgehead atoms. The van der Waals surface area contributed by atoms with E-state index in [0.29, 0.717) is 6.61 Å². The molecule has 1 aromatic heterocycles. The molecule has 0 aromatic carbocycles. The van der Waals surface area contributed by atoms with Crippen LogP contribution in [0.1, 0.15) is 33.7 Å². The maximum Gasteiger partial charge on any atom is 0.280 e. The molecule has 0 aliphatic carbocycles. The van der Waals surface area contributed by atoms with E-state index in [9.17, 15) is 19.2 Å². The van der Waals surface area contributed by atoms with Crippen molar-refractivity contribution in [1.29, 1.82) is 0 Å². The van der Waals surface area contributed by atoms with E-state index in [4.69, 9.17) is 4.74 Å². The number of likely N-dealkylation sites (tertiary alicyclic amines) is 1. The summed E-state index contributed by atoms with van der Waals surface area (Å²) in [4.78, 5) is 56.1. The van der Waals surface area contributed by atoms with Gasteiger partial charge in [0.15, 0.2) is 0 Å². The summed E-state index contributed by atoms with van der Waals surface area (Å²) in [6.45, 7) is 6.94. The molecule has 1 atom stereocenters. The lowest BCUT2D eigenvalue weighted by Crippen LogP contribution is -2.56. The maximum atomic E-state index is 12.8. The first-order chi connectivity index (χ1) is 12.7. The topological polar surface area (TPSA) is 96.9 Å². The number of pyridine rings is 1. The molecular weight excluding hydrogens is 366 g/mol. The van der Waals surface area contributed by atoms with E-state index in [-0.39, 0.29) is 36.7 Å². The van der Waals surface area contributed by atoms with Gasteiger partial charge in [0.05, 0.1) is 5.56 Å². The fraction of sp³-hybridized carbons (Fsp3) is 0.500. The van der Waals surface area contributed by atoms with Crippen LogP contribution in [0.3, 0.4) is 0 Å². The van der Waals surface area contributed by atoms with E-state index in [1.54, 1.807) is 6.07 Å². The molecule has 1 saturated heterocycles. The van der Waals surface area contributed by atoms with Gasteiger partial charge in [0.25, 0.3) is 17.7 Å².